The first-order valence-corrected chi connectivity index (χ1v) is 10.9. The van der Waals surface area contributed by atoms with Crippen molar-refractivity contribution in [1.82, 2.24) is 14.5 Å². The van der Waals surface area contributed by atoms with E-state index in [0.29, 0.717) is 37.0 Å². The van der Waals surface area contributed by atoms with Gasteiger partial charge >= 0.3 is 0 Å². The minimum atomic E-state index is -3.52. The van der Waals surface area contributed by atoms with E-state index in [0.717, 1.165) is 31.4 Å². The lowest BCUT2D eigenvalue weighted by molar-refractivity contribution is -0.135. The van der Waals surface area contributed by atoms with Crippen molar-refractivity contribution in [3.05, 3.63) is 29.8 Å². The molecule has 0 bridgehead atoms. The SMILES string of the molecule is CC(C)Cc1ccc(S(=O)(=O)N2CCCC(N3CCNCC3=O)C2)cc1. The molecule has 0 aliphatic carbocycles. The molecule has 0 aromatic heterocycles. The molecule has 6 nitrogen and oxygen atoms in total. The molecule has 1 atom stereocenters. The summed E-state index contributed by atoms with van der Waals surface area (Å²) < 4.78 is 27.6. The maximum Gasteiger partial charge on any atom is 0.243 e. The number of piperidine rings is 1. The van der Waals surface area contributed by atoms with E-state index < -0.39 is 10.0 Å². The van der Waals surface area contributed by atoms with Gasteiger partial charge in [0, 0.05) is 32.2 Å². The van der Waals surface area contributed by atoms with Crippen molar-refractivity contribution in [3.63, 3.8) is 0 Å². The van der Waals surface area contributed by atoms with Crippen LogP contribution in [-0.2, 0) is 21.2 Å². The van der Waals surface area contributed by atoms with Gasteiger partial charge in [0.05, 0.1) is 11.4 Å². The fourth-order valence-corrected chi connectivity index (χ4v) is 5.33. The molecule has 0 spiro atoms. The summed E-state index contributed by atoms with van der Waals surface area (Å²) in [7, 11) is -3.52. The smallest absolute Gasteiger partial charge is 0.243 e. The minimum Gasteiger partial charge on any atom is -0.336 e. The summed E-state index contributed by atoms with van der Waals surface area (Å²) >= 11 is 0. The second-order valence-corrected chi connectivity index (χ2v) is 9.60. The first-order chi connectivity index (χ1) is 12.4. The molecule has 0 radical (unpaired) electrons. The van der Waals surface area contributed by atoms with Crippen LogP contribution in [-0.4, -0.2) is 62.3 Å². The van der Waals surface area contributed by atoms with Crippen molar-refractivity contribution in [2.24, 2.45) is 5.92 Å². The largest absolute Gasteiger partial charge is 0.336 e. The molecule has 1 unspecified atom stereocenters. The highest BCUT2D eigenvalue weighted by Gasteiger charge is 2.35. The zero-order valence-corrected chi connectivity index (χ0v) is 16.5. The lowest BCUT2D eigenvalue weighted by Gasteiger charge is -2.40. The number of carbonyl (C=O) groups is 1. The molecule has 1 N–H and O–H groups in total. The summed E-state index contributed by atoms with van der Waals surface area (Å²) in [5.74, 6) is 0.607. The highest BCUT2D eigenvalue weighted by Crippen LogP contribution is 2.24. The number of nitrogens with zero attached hydrogens (tertiary/aromatic N) is 2. The minimum absolute atomic E-state index is 0.0201. The van der Waals surface area contributed by atoms with Crippen LogP contribution in [0.4, 0.5) is 0 Å². The lowest BCUT2D eigenvalue weighted by Crippen LogP contribution is -2.57. The highest BCUT2D eigenvalue weighted by molar-refractivity contribution is 7.89. The van der Waals surface area contributed by atoms with Crippen LogP contribution in [0.15, 0.2) is 29.2 Å². The van der Waals surface area contributed by atoms with E-state index in [9.17, 15) is 13.2 Å². The first kappa shape index (κ1) is 19.3. The molecule has 1 aromatic rings. The molecule has 2 saturated heterocycles. The van der Waals surface area contributed by atoms with Gasteiger partial charge in [-0.2, -0.15) is 4.31 Å². The Hall–Kier alpha value is -1.44. The number of rotatable bonds is 5. The van der Waals surface area contributed by atoms with Crippen LogP contribution in [0, 0.1) is 5.92 Å². The van der Waals surface area contributed by atoms with Crippen LogP contribution in [0.2, 0.25) is 0 Å². The molecule has 1 amide bonds. The average Bonchev–Trinajstić information content (AvgIpc) is 2.62. The predicted molar refractivity (Wildman–Crippen MR) is 101 cm³/mol. The summed E-state index contributed by atoms with van der Waals surface area (Å²) in [6.07, 6.45) is 2.59. The van der Waals surface area contributed by atoms with Gasteiger partial charge in [-0.15, -0.1) is 0 Å². The van der Waals surface area contributed by atoms with Crippen molar-refractivity contribution < 1.29 is 13.2 Å². The zero-order chi connectivity index (χ0) is 18.7. The van der Waals surface area contributed by atoms with E-state index >= 15 is 0 Å². The van der Waals surface area contributed by atoms with E-state index in [2.05, 4.69) is 19.2 Å². The Morgan fingerprint density at radius 1 is 1.19 bits per heavy atom. The molecular formula is C19H29N3O3S. The lowest BCUT2D eigenvalue weighted by atomic mass is 10.0. The number of sulfonamides is 1. The Morgan fingerprint density at radius 3 is 2.58 bits per heavy atom. The zero-order valence-electron chi connectivity index (χ0n) is 15.6. The van der Waals surface area contributed by atoms with Gasteiger partial charge in [-0.25, -0.2) is 8.42 Å². The Balaban J connectivity index is 1.73. The molecule has 2 heterocycles. The molecule has 26 heavy (non-hydrogen) atoms. The molecule has 0 saturated carbocycles. The molecule has 1 aromatic carbocycles. The van der Waals surface area contributed by atoms with Crippen molar-refractivity contribution in [2.75, 3.05) is 32.7 Å². The number of benzene rings is 1. The van der Waals surface area contributed by atoms with Crippen molar-refractivity contribution in [1.29, 1.82) is 0 Å². The van der Waals surface area contributed by atoms with Crippen LogP contribution in [0.3, 0.4) is 0 Å². The fourth-order valence-electron chi connectivity index (χ4n) is 3.82. The van der Waals surface area contributed by atoms with Gasteiger partial charge < -0.3 is 10.2 Å². The third-order valence-electron chi connectivity index (χ3n) is 5.13. The Labute approximate surface area is 156 Å². The first-order valence-electron chi connectivity index (χ1n) is 9.47. The molecule has 3 rings (SSSR count). The topological polar surface area (TPSA) is 69.7 Å². The van der Waals surface area contributed by atoms with Crippen LogP contribution >= 0.6 is 0 Å². The number of hydrogen-bond acceptors (Lipinski definition) is 4. The van der Waals surface area contributed by atoms with E-state index in [1.165, 1.54) is 0 Å². The fraction of sp³-hybridized carbons (Fsp3) is 0.632. The van der Waals surface area contributed by atoms with Crippen LogP contribution in [0.5, 0.6) is 0 Å². The summed E-state index contributed by atoms with van der Waals surface area (Å²) in [4.78, 5) is 14.3. The second-order valence-electron chi connectivity index (χ2n) is 7.66. The van der Waals surface area contributed by atoms with Crippen molar-refractivity contribution in [3.8, 4) is 0 Å². The van der Waals surface area contributed by atoms with Crippen LogP contribution in [0.25, 0.3) is 0 Å². The summed E-state index contributed by atoms with van der Waals surface area (Å²) in [5, 5.41) is 3.07. The third kappa shape index (κ3) is 4.27. The van der Waals surface area contributed by atoms with E-state index in [-0.39, 0.29) is 11.9 Å². The predicted octanol–water partition coefficient (Wildman–Crippen LogP) is 1.47. The molecule has 2 aliphatic heterocycles. The summed E-state index contributed by atoms with van der Waals surface area (Å²) in [6, 6.07) is 7.23. The number of piperazine rings is 1. The second kappa shape index (κ2) is 8.06. The van der Waals surface area contributed by atoms with Gasteiger partial charge in [0.25, 0.3) is 0 Å². The quantitative estimate of drug-likeness (QED) is 0.841. The van der Waals surface area contributed by atoms with Gasteiger partial charge in [0.2, 0.25) is 15.9 Å². The number of nitrogens with one attached hydrogen (secondary N) is 1. The van der Waals surface area contributed by atoms with Gasteiger partial charge in [-0.1, -0.05) is 26.0 Å². The van der Waals surface area contributed by atoms with Gasteiger partial charge in [-0.05, 0) is 42.9 Å². The summed E-state index contributed by atoms with van der Waals surface area (Å²) in [6.45, 7) is 6.98. The van der Waals surface area contributed by atoms with E-state index in [1.807, 2.05) is 17.0 Å². The average molecular weight is 380 g/mol. The number of hydrogen-bond donors (Lipinski definition) is 1. The Kier molecular flexibility index (Phi) is 5.99. The standard InChI is InChI=1S/C19H29N3O3S/c1-15(2)12-16-5-7-18(8-6-16)26(24,25)21-10-3-4-17(14-21)22-11-9-20-13-19(22)23/h5-8,15,17,20H,3-4,9-14H2,1-2H3. The Morgan fingerprint density at radius 2 is 1.92 bits per heavy atom. The molecule has 2 fully saturated rings. The summed E-state index contributed by atoms with van der Waals surface area (Å²) in [5.41, 5.74) is 1.15. The maximum atomic E-state index is 13.0. The monoisotopic (exact) mass is 379 g/mol. The molecular weight excluding hydrogens is 350 g/mol. The third-order valence-corrected chi connectivity index (χ3v) is 7.01. The molecule has 2 aliphatic rings. The van der Waals surface area contributed by atoms with Gasteiger partial charge in [-0.3, -0.25) is 4.79 Å². The molecule has 7 heteroatoms. The molecule has 144 valence electrons. The van der Waals surface area contributed by atoms with Crippen molar-refractivity contribution in [2.45, 2.75) is 44.0 Å². The van der Waals surface area contributed by atoms with Gasteiger partial charge in [0.15, 0.2) is 0 Å². The van der Waals surface area contributed by atoms with Crippen LogP contribution in [0.1, 0.15) is 32.3 Å². The normalized spacial score (nSPS) is 22.8. The maximum absolute atomic E-state index is 13.0. The van der Waals surface area contributed by atoms with E-state index in [4.69, 9.17) is 0 Å². The van der Waals surface area contributed by atoms with Gasteiger partial charge in [0.1, 0.15) is 0 Å². The number of amides is 1. The number of carbonyl (C=O) groups excluding carboxylic acids is 1. The van der Waals surface area contributed by atoms with Crippen molar-refractivity contribution >= 4 is 15.9 Å². The highest BCUT2D eigenvalue weighted by atomic mass is 32.2. The Bertz CT molecular complexity index is 731. The van der Waals surface area contributed by atoms with Crippen LogP contribution < -0.4 is 5.32 Å². The van der Waals surface area contributed by atoms with E-state index in [1.54, 1.807) is 16.4 Å².